The van der Waals surface area contributed by atoms with Crippen molar-refractivity contribution in [3.8, 4) is 0 Å². The summed E-state index contributed by atoms with van der Waals surface area (Å²) in [6.07, 6.45) is 8.26. The van der Waals surface area contributed by atoms with Gasteiger partial charge in [0.2, 0.25) is 0 Å². The summed E-state index contributed by atoms with van der Waals surface area (Å²) in [6, 6.07) is 0.550. The fourth-order valence-electron chi connectivity index (χ4n) is 2.63. The topological polar surface area (TPSA) is 38.1 Å². The molecule has 0 N–H and O–H groups in total. The highest BCUT2D eigenvalue weighted by molar-refractivity contribution is 9.09. The molecule has 1 saturated heterocycles. The lowest BCUT2D eigenvalue weighted by molar-refractivity contribution is 0.561. The fourth-order valence-corrected chi connectivity index (χ4v) is 3.31. The zero-order valence-corrected chi connectivity index (χ0v) is 13.3. The standard InChI is InChI=1S/C14H22BrN3O/c1-11(2)17-9-7-16-13(14(17)19)18-8-5-3-4-6-12(18)10-15/h7,9,11-12H,3-6,8,10H2,1-2H3. The molecule has 5 heteroatoms. The number of rotatable bonds is 3. The van der Waals surface area contributed by atoms with Gasteiger partial charge in [0, 0.05) is 36.4 Å². The van der Waals surface area contributed by atoms with E-state index < -0.39 is 0 Å². The molecule has 0 bridgehead atoms. The molecule has 19 heavy (non-hydrogen) atoms. The number of nitrogens with zero attached hydrogens (tertiary/aromatic N) is 3. The Hall–Kier alpha value is -0.840. The van der Waals surface area contributed by atoms with Gasteiger partial charge in [0.1, 0.15) is 0 Å². The molecular weight excluding hydrogens is 306 g/mol. The zero-order valence-electron chi connectivity index (χ0n) is 11.7. The van der Waals surface area contributed by atoms with E-state index in [0.29, 0.717) is 11.9 Å². The summed E-state index contributed by atoms with van der Waals surface area (Å²) in [5, 5.41) is 0.894. The van der Waals surface area contributed by atoms with Crippen LogP contribution in [0.1, 0.15) is 45.6 Å². The second kappa shape index (κ2) is 6.55. The Morgan fingerprint density at radius 3 is 2.89 bits per heavy atom. The van der Waals surface area contributed by atoms with Gasteiger partial charge in [0.05, 0.1) is 0 Å². The third kappa shape index (κ3) is 3.19. The van der Waals surface area contributed by atoms with Gasteiger partial charge in [-0.15, -0.1) is 0 Å². The molecule has 0 aliphatic carbocycles. The zero-order chi connectivity index (χ0) is 13.8. The van der Waals surface area contributed by atoms with Crippen LogP contribution >= 0.6 is 15.9 Å². The summed E-state index contributed by atoms with van der Waals surface area (Å²) < 4.78 is 1.76. The van der Waals surface area contributed by atoms with Crippen LogP contribution in [0, 0.1) is 0 Å². The van der Waals surface area contributed by atoms with Gasteiger partial charge in [-0.3, -0.25) is 4.79 Å². The lowest BCUT2D eigenvalue weighted by Gasteiger charge is -2.29. The molecular formula is C14H22BrN3O. The van der Waals surface area contributed by atoms with Crippen molar-refractivity contribution in [3.05, 3.63) is 22.7 Å². The molecule has 1 aromatic rings. The molecule has 2 heterocycles. The van der Waals surface area contributed by atoms with Gasteiger partial charge in [-0.05, 0) is 26.7 Å². The first-order valence-corrected chi connectivity index (χ1v) is 8.17. The molecule has 1 fully saturated rings. The lowest BCUT2D eigenvalue weighted by atomic mass is 10.1. The van der Waals surface area contributed by atoms with Crippen LogP contribution in [0.3, 0.4) is 0 Å². The summed E-state index contributed by atoms with van der Waals surface area (Å²) >= 11 is 3.58. The van der Waals surface area contributed by atoms with Crippen molar-refractivity contribution < 1.29 is 0 Å². The number of anilines is 1. The van der Waals surface area contributed by atoms with Crippen LogP contribution < -0.4 is 10.5 Å². The van der Waals surface area contributed by atoms with Gasteiger partial charge < -0.3 is 9.47 Å². The first kappa shape index (κ1) is 14.6. The predicted octanol–water partition coefficient (Wildman–Crippen LogP) is 2.97. The van der Waals surface area contributed by atoms with E-state index in [1.165, 1.54) is 12.8 Å². The largest absolute Gasteiger partial charge is 0.348 e. The Morgan fingerprint density at radius 2 is 2.21 bits per heavy atom. The van der Waals surface area contributed by atoms with Crippen molar-refractivity contribution in [1.82, 2.24) is 9.55 Å². The fraction of sp³-hybridized carbons (Fsp3) is 0.714. The Labute approximate surface area is 123 Å². The van der Waals surface area contributed by atoms with Crippen LogP contribution in [0.25, 0.3) is 0 Å². The van der Waals surface area contributed by atoms with Crippen LogP contribution in [-0.4, -0.2) is 27.5 Å². The van der Waals surface area contributed by atoms with Crippen LogP contribution in [-0.2, 0) is 0 Å². The predicted molar refractivity (Wildman–Crippen MR) is 82.3 cm³/mol. The van der Waals surface area contributed by atoms with E-state index in [9.17, 15) is 4.79 Å². The molecule has 0 spiro atoms. The quantitative estimate of drug-likeness (QED) is 0.801. The van der Waals surface area contributed by atoms with Crippen LogP contribution in [0.5, 0.6) is 0 Å². The summed E-state index contributed by atoms with van der Waals surface area (Å²) in [6.45, 7) is 4.98. The first-order valence-electron chi connectivity index (χ1n) is 7.05. The van der Waals surface area contributed by atoms with Gasteiger partial charge in [-0.1, -0.05) is 28.8 Å². The number of hydrogen-bond donors (Lipinski definition) is 0. The summed E-state index contributed by atoms with van der Waals surface area (Å²) in [7, 11) is 0. The number of halogens is 1. The van der Waals surface area contributed by atoms with Crippen LogP contribution in [0.4, 0.5) is 5.82 Å². The highest BCUT2D eigenvalue weighted by atomic mass is 79.9. The van der Waals surface area contributed by atoms with E-state index in [4.69, 9.17) is 0 Å². The Kier molecular flexibility index (Phi) is 5.02. The Balaban J connectivity index is 2.38. The minimum absolute atomic E-state index is 0.0327. The number of aromatic nitrogens is 2. The Bertz CT molecular complexity index is 472. The van der Waals surface area contributed by atoms with Crippen molar-refractivity contribution in [1.29, 1.82) is 0 Å². The maximum Gasteiger partial charge on any atom is 0.293 e. The highest BCUT2D eigenvalue weighted by Crippen LogP contribution is 2.21. The molecule has 106 valence electrons. The van der Waals surface area contributed by atoms with Gasteiger partial charge >= 0.3 is 0 Å². The summed E-state index contributed by atoms with van der Waals surface area (Å²) in [5.74, 6) is 0.613. The molecule has 4 nitrogen and oxygen atoms in total. The molecule has 0 saturated carbocycles. The molecule has 1 aliphatic rings. The SMILES string of the molecule is CC(C)n1ccnc(N2CCCCCC2CBr)c1=O. The van der Waals surface area contributed by atoms with Gasteiger partial charge in [-0.25, -0.2) is 4.98 Å². The summed E-state index contributed by atoms with van der Waals surface area (Å²) in [4.78, 5) is 19.1. The molecule has 0 aromatic carbocycles. The van der Waals surface area contributed by atoms with E-state index in [-0.39, 0.29) is 11.6 Å². The van der Waals surface area contributed by atoms with E-state index in [0.717, 1.165) is 24.7 Å². The average molecular weight is 328 g/mol. The van der Waals surface area contributed by atoms with Gasteiger partial charge in [0.25, 0.3) is 5.56 Å². The van der Waals surface area contributed by atoms with Crippen molar-refractivity contribution >= 4 is 21.7 Å². The van der Waals surface area contributed by atoms with E-state index >= 15 is 0 Å². The van der Waals surface area contributed by atoms with Crippen molar-refractivity contribution in [3.63, 3.8) is 0 Å². The molecule has 1 unspecified atom stereocenters. The maximum atomic E-state index is 12.5. The normalized spacial score (nSPS) is 20.6. The van der Waals surface area contributed by atoms with Crippen LogP contribution in [0.2, 0.25) is 0 Å². The summed E-state index contributed by atoms with van der Waals surface area (Å²) in [5.41, 5.74) is 0.0327. The van der Waals surface area contributed by atoms with Gasteiger partial charge in [0.15, 0.2) is 5.82 Å². The van der Waals surface area contributed by atoms with Gasteiger partial charge in [-0.2, -0.15) is 0 Å². The number of hydrogen-bond acceptors (Lipinski definition) is 3. The third-order valence-corrected chi connectivity index (χ3v) is 4.48. The second-order valence-corrected chi connectivity index (χ2v) is 6.06. The molecule has 0 radical (unpaired) electrons. The van der Waals surface area contributed by atoms with E-state index in [1.807, 2.05) is 13.8 Å². The van der Waals surface area contributed by atoms with Crippen LogP contribution in [0.15, 0.2) is 17.2 Å². The molecule has 2 rings (SSSR count). The van der Waals surface area contributed by atoms with E-state index in [1.54, 1.807) is 17.0 Å². The second-order valence-electron chi connectivity index (χ2n) is 5.41. The average Bonchev–Trinajstić information content (AvgIpc) is 2.63. The molecule has 1 aromatic heterocycles. The molecule has 1 aliphatic heterocycles. The van der Waals surface area contributed by atoms with Crippen molar-refractivity contribution in [2.45, 2.75) is 51.6 Å². The smallest absolute Gasteiger partial charge is 0.293 e. The first-order chi connectivity index (χ1) is 9.15. The third-order valence-electron chi connectivity index (χ3n) is 3.73. The van der Waals surface area contributed by atoms with Crippen molar-refractivity contribution in [2.24, 2.45) is 0 Å². The highest BCUT2D eigenvalue weighted by Gasteiger charge is 2.24. The van der Waals surface area contributed by atoms with Crippen molar-refractivity contribution in [2.75, 3.05) is 16.8 Å². The Morgan fingerprint density at radius 1 is 1.42 bits per heavy atom. The minimum Gasteiger partial charge on any atom is -0.348 e. The maximum absolute atomic E-state index is 12.5. The molecule has 0 amide bonds. The number of alkyl halides is 1. The monoisotopic (exact) mass is 327 g/mol. The van der Waals surface area contributed by atoms with E-state index in [2.05, 4.69) is 25.8 Å². The molecule has 1 atom stereocenters. The lowest BCUT2D eigenvalue weighted by Crippen LogP contribution is -2.41. The minimum atomic E-state index is 0.0327.